The van der Waals surface area contributed by atoms with Crippen LogP contribution in [0.15, 0.2) is 10.9 Å². The molecule has 76 valence electrons. The van der Waals surface area contributed by atoms with Crippen molar-refractivity contribution in [1.82, 2.24) is 19.8 Å². The molecule has 1 aromatic rings. The molecule has 0 bridgehead atoms. The molecule has 0 fully saturated rings. The molecule has 0 atom stereocenters. The van der Waals surface area contributed by atoms with E-state index in [0.29, 0.717) is 6.54 Å². The van der Waals surface area contributed by atoms with E-state index in [1.54, 1.807) is 6.92 Å². The van der Waals surface area contributed by atoms with Gasteiger partial charge in [-0.1, -0.05) is 0 Å². The highest BCUT2D eigenvalue weighted by molar-refractivity contribution is 5.84. The van der Waals surface area contributed by atoms with Crippen molar-refractivity contribution in [2.75, 3.05) is 7.11 Å². The highest BCUT2D eigenvalue weighted by Gasteiger charge is 2.01. The largest absolute Gasteiger partial charge is 0.466 e. The molecule has 0 saturated carbocycles. The van der Waals surface area contributed by atoms with Crippen LogP contribution < -0.4 is 5.69 Å². The number of carbonyl (C=O) groups is 1. The SMILES string of the molecule is CCn1nnn(/C=C/C(=O)OC)c1=O. The van der Waals surface area contributed by atoms with Crippen LogP contribution in [0.2, 0.25) is 0 Å². The van der Waals surface area contributed by atoms with E-state index in [4.69, 9.17) is 0 Å². The van der Waals surface area contributed by atoms with Gasteiger partial charge in [0.2, 0.25) is 0 Å². The van der Waals surface area contributed by atoms with Crippen LogP contribution in [0.3, 0.4) is 0 Å². The van der Waals surface area contributed by atoms with Crippen LogP contribution in [-0.4, -0.2) is 32.9 Å². The van der Waals surface area contributed by atoms with Gasteiger partial charge < -0.3 is 4.74 Å². The van der Waals surface area contributed by atoms with E-state index < -0.39 is 11.7 Å². The van der Waals surface area contributed by atoms with Gasteiger partial charge in [0.05, 0.1) is 7.11 Å². The second-order valence-electron chi connectivity index (χ2n) is 2.36. The average Bonchev–Trinajstić information content (AvgIpc) is 2.56. The summed E-state index contributed by atoms with van der Waals surface area (Å²) in [6.07, 6.45) is 2.30. The van der Waals surface area contributed by atoms with E-state index in [9.17, 15) is 9.59 Å². The quantitative estimate of drug-likeness (QED) is 0.464. The number of methoxy groups -OCH3 is 1. The minimum Gasteiger partial charge on any atom is -0.466 e. The van der Waals surface area contributed by atoms with Gasteiger partial charge in [-0.3, -0.25) is 0 Å². The fourth-order valence-corrected chi connectivity index (χ4v) is 0.778. The predicted octanol–water partition coefficient (Wildman–Crippen LogP) is -0.897. The Balaban J connectivity index is 2.88. The molecule has 0 saturated heterocycles. The maximum atomic E-state index is 11.3. The van der Waals surface area contributed by atoms with Gasteiger partial charge in [0, 0.05) is 18.8 Å². The Hall–Kier alpha value is -1.92. The van der Waals surface area contributed by atoms with Crippen LogP contribution >= 0.6 is 0 Å². The highest BCUT2D eigenvalue weighted by Crippen LogP contribution is 1.81. The summed E-state index contributed by atoms with van der Waals surface area (Å²) in [7, 11) is 1.25. The Morgan fingerprint density at radius 3 is 2.79 bits per heavy atom. The maximum Gasteiger partial charge on any atom is 0.367 e. The fourth-order valence-electron chi connectivity index (χ4n) is 0.778. The Morgan fingerprint density at radius 1 is 1.57 bits per heavy atom. The van der Waals surface area contributed by atoms with Gasteiger partial charge in [0.1, 0.15) is 0 Å². The summed E-state index contributed by atoms with van der Waals surface area (Å²) < 4.78 is 6.48. The first kappa shape index (κ1) is 10.2. The summed E-state index contributed by atoms with van der Waals surface area (Å²) in [6, 6.07) is 0. The van der Waals surface area contributed by atoms with Gasteiger partial charge >= 0.3 is 11.7 Å². The Bertz CT molecular complexity index is 403. The van der Waals surface area contributed by atoms with Gasteiger partial charge in [-0.15, -0.1) is 0 Å². The number of esters is 1. The molecule has 0 amide bonds. The third kappa shape index (κ3) is 2.06. The number of nitrogens with zero attached hydrogens (tertiary/aromatic N) is 4. The number of aryl methyl sites for hydroxylation is 1. The van der Waals surface area contributed by atoms with Crippen molar-refractivity contribution in [3.05, 3.63) is 16.6 Å². The number of hydrogen-bond donors (Lipinski definition) is 0. The molecule has 0 N–H and O–H groups in total. The number of carbonyl (C=O) groups excluding carboxylic acids is 1. The summed E-state index contributed by atoms with van der Waals surface area (Å²) >= 11 is 0. The smallest absolute Gasteiger partial charge is 0.367 e. The Kier molecular flexibility index (Phi) is 3.16. The van der Waals surface area contributed by atoms with Crippen LogP contribution in [0.25, 0.3) is 6.20 Å². The van der Waals surface area contributed by atoms with E-state index in [2.05, 4.69) is 15.2 Å². The Labute approximate surface area is 79.6 Å². The van der Waals surface area contributed by atoms with E-state index in [1.807, 2.05) is 0 Å². The lowest BCUT2D eigenvalue weighted by Gasteiger charge is -1.89. The van der Waals surface area contributed by atoms with Gasteiger partial charge in [-0.25, -0.2) is 9.59 Å². The molecule has 1 rings (SSSR count). The number of aromatic nitrogens is 4. The van der Waals surface area contributed by atoms with Gasteiger partial charge in [-0.2, -0.15) is 9.36 Å². The highest BCUT2D eigenvalue weighted by atomic mass is 16.5. The summed E-state index contributed by atoms with van der Waals surface area (Å²) in [4.78, 5) is 22.0. The molecule has 0 unspecified atom stereocenters. The third-order valence-corrected chi connectivity index (χ3v) is 1.51. The van der Waals surface area contributed by atoms with Crippen molar-refractivity contribution in [2.24, 2.45) is 0 Å². The predicted molar refractivity (Wildman–Crippen MR) is 47.3 cm³/mol. The van der Waals surface area contributed by atoms with E-state index in [0.717, 1.165) is 10.8 Å². The molecule has 14 heavy (non-hydrogen) atoms. The van der Waals surface area contributed by atoms with Crippen molar-refractivity contribution in [3.63, 3.8) is 0 Å². The average molecular weight is 198 g/mol. The van der Waals surface area contributed by atoms with Crippen molar-refractivity contribution in [3.8, 4) is 0 Å². The minimum absolute atomic E-state index is 0.396. The molecule has 0 radical (unpaired) electrons. The molecular formula is C7H10N4O3. The van der Waals surface area contributed by atoms with Crippen LogP contribution in [0.4, 0.5) is 0 Å². The minimum atomic E-state index is -0.553. The monoisotopic (exact) mass is 198 g/mol. The number of rotatable bonds is 3. The molecule has 0 aliphatic heterocycles. The second-order valence-corrected chi connectivity index (χ2v) is 2.36. The summed E-state index contributed by atoms with van der Waals surface area (Å²) in [5.41, 5.74) is -0.396. The van der Waals surface area contributed by atoms with Crippen molar-refractivity contribution in [2.45, 2.75) is 13.5 Å². The van der Waals surface area contributed by atoms with Crippen LogP contribution in [-0.2, 0) is 16.1 Å². The summed E-state index contributed by atoms with van der Waals surface area (Å²) in [6.45, 7) is 2.20. The van der Waals surface area contributed by atoms with Crippen LogP contribution in [0.1, 0.15) is 6.92 Å². The number of tetrazole rings is 1. The number of ether oxygens (including phenoxy) is 1. The van der Waals surface area contributed by atoms with Crippen LogP contribution in [0, 0.1) is 0 Å². The van der Waals surface area contributed by atoms with E-state index in [1.165, 1.54) is 18.0 Å². The molecular weight excluding hydrogens is 188 g/mol. The Morgan fingerprint density at radius 2 is 2.29 bits per heavy atom. The molecule has 0 aliphatic carbocycles. The second kappa shape index (κ2) is 4.35. The van der Waals surface area contributed by atoms with E-state index in [-0.39, 0.29) is 0 Å². The molecule has 1 aromatic heterocycles. The standard InChI is InChI=1S/C7H10N4O3/c1-3-10-7(13)11(9-8-10)5-4-6(12)14-2/h4-5H,3H2,1-2H3/b5-4+. The zero-order valence-corrected chi connectivity index (χ0v) is 7.88. The van der Waals surface area contributed by atoms with Crippen LogP contribution in [0.5, 0.6) is 0 Å². The van der Waals surface area contributed by atoms with Crippen molar-refractivity contribution >= 4 is 12.2 Å². The molecule has 0 aromatic carbocycles. The van der Waals surface area contributed by atoms with Gasteiger partial charge in [-0.05, 0) is 17.4 Å². The summed E-state index contributed by atoms with van der Waals surface area (Å²) in [5, 5.41) is 7.07. The first-order valence-electron chi connectivity index (χ1n) is 3.97. The lowest BCUT2D eigenvalue weighted by atomic mass is 10.6. The molecule has 1 heterocycles. The zero-order valence-electron chi connectivity index (χ0n) is 7.88. The topological polar surface area (TPSA) is 79.0 Å². The lowest BCUT2D eigenvalue weighted by molar-refractivity contribution is -0.134. The maximum absolute atomic E-state index is 11.3. The molecule has 7 heteroatoms. The van der Waals surface area contributed by atoms with Crippen molar-refractivity contribution in [1.29, 1.82) is 0 Å². The molecule has 0 aliphatic rings. The third-order valence-electron chi connectivity index (χ3n) is 1.51. The first-order chi connectivity index (χ1) is 6.69. The lowest BCUT2D eigenvalue weighted by Crippen LogP contribution is -2.22. The fraction of sp³-hybridized carbons (Fsp3) is 0.429. The van der Waals surface area contributed by atoms with Gasteiger partial charge in [0.15, 0.2) is 0 Å². The zero-order chi connectivity index (χ0) is 10.6. The van der Waals surface area contributed by atoms with Crippen molar-refractivity contribution < 1.29 is 9.53 Å². The first-order valence-corrected chi connectivity index (χ1v) is 3.97. The molecule has 7 nitrogen and oxygen atoms in total. The van der Waals surface area contributed by atoms with Gasteiger partial charge in [0.25, 0.3) is 0 Å². The summed E-state index contributed by atoms with van der Waals surface area (Å²) in [5.74, 6) is -0.553. The molecule has 0 spiro atoms. The number of hydrogen-bond acceptors (Lipinski definition) is 5. The van der Waals surface area contributed by atoms with E-state index >= 15 is 0 Å². The normalized spacial score (nSPS) is 10.7.